The van der Waals surface area contributed by atoms with Gasteiger partial charge in [-0.05, 0) is 101 Å². The maximum Gasteiger partial charge on any atom is 0.0886 e. The molecule has 0 spiro atoms. The first-order valence-electron chi connectivity index (χ1n) is 18.4. The van der Waals surface area contributed by atoms with E-state index in [1.807, 2.05) is 97.1 Å². The third-order valence-corrected chi connectivity index (χ3v) is 16.1. The van der Waals surface area contributed by atoms with E-state index in [2.05, 4.69) is 20.0 Å². The van der Waals surface area contributed by atoms with Crippen molar-refractivity contribution in [1.82, 2.24) is 9.97 Å². The zero-order valence-corrected chi connectivity index (χ0v) is 33.0. The fourth-order valence-corrected chi connectivity index (χ4v) is 13.9. The molecule has 260 valence electrons. The molecule has 0 saturated heterocycles. The minimum absolute atomic E-state index is 0.0465. The second-order valence-corrected chi connectivity index (χ2v) is 22.2. The Balaban J connectivity index is 0.000000147. The van der Waals surface area contributed by atoms with Crippen molar-refractivity contribution in [3.63, 3.8) is 0 Å². The maximum absolute atomic E-state index is 5.82. The van der Waals surface area contributed by atoms with Crippen molar-refractivity contribution in [1.29, 1.82) is 0 Å². The van der Waals surface area contributed by atoms with Crippen LogP contribution in [0.3, 0.4) is 0 Å². The predicted octanol–water partition coefficient (Wildman–Crippen LogP) is 12.9. The topological polar surface area (TPSA) is 25.8 Å². The van der Waals surface area contributed by atoms with Crippen LogP contribution in [0, 0.1) is 0 Å². The van der Waals surface area contributed by atoms with Gasteiger partial charge in [-0.1, -0.05) is 31.4 Å². The van der Waals surface area contributed by atoms with E-state index in [-0.39, 0.29) is 7.92 Å². The van der Waals surface area contributed by atoms with Crippen LogP contribution in [-0.4, -0.2) is 31.2 Å². The molecular formula is C43H52Cl2N2PRu+. The summed E-state index contributed by atoms with van der Waals surface area (Å²) in [5.74, 6) is 0. The molecule has 2 aromatic carbocycles. The van der Waals surface area contributed by atoms with Crippen LogP contribution in [0.5, 0.6) is 0 Å². The van der Waals surface area contributed by atoms with Crippen LogP contribution in [0.1, 0.15) is 107 Å². The molecule has 0 unspecified atom stereocenters. The molecule has 0 bridgehead atoms. The van der Waals surface area contributed by atoms with E-state index in [1.54, 1.807) is 109 Å². The first-order chi connectivity index (χ1) is 24.2. The van der Waals surface area contributed by atoms with Gasteiger partial charge in [-0.2, -0.15) is 0 Å². The predicted molar refractivity (Wildman–Crippen MR) is 212 cm³/mol. The van der Waals surface area contributed by atoms with Gasteiger partial charge in [-0.15, -0.1) is 0 Å². The third-order valence-electron chi connectivity index (χ3n) is 10.2. The summed E-state index contributed by atoms with van der Waals surface area (Å²) in [5, 5.41) is 0. The number of halogens is 2. The zero-order valence-electron chi connectivity index (χ0n) is 28.7. The number of rotatable bonds is 6. The van der Waals surface area contributed by atoms with E-state index in [9.17, 15) is 0 Å². The minimum atomic E-state index is -1.95. The Kier molecular flexibility index (Phi) is 17.0. The molecule has 6 heteroatoms. The van der Waals surface area contributed by atoms with Gasteiger partial charge in [0.25, 0.3) is 0 Å². The van der Waals surface area contributed by atoms with Crippen LogP contribution >= 0.6 is 27.3 Å². The third kappa shape index (κ3) is 12.8. The van der Waals surface area contributed by atoms with Gasteiger partial charge >= 0.3 is 120 Å². The number of hydrogen-bond acceptors (Lipinski definition) is 2. The molecule has 3 aliphatic carbocycles. The van der Waals surface area contributed by atoms with Gasteiger partial charge < -0.3 is 0 Å². The SMILES string of the molecule is C1CCC([PH+](C2CCCCC2)C2CCCCC2)CC1.[Cl][Ru]([Cl])=[C]=C=C(c1ccccc1)c1ccccc1.c1ccc(-c2ccccn2)nc1. The maximum atomic E-state index is 5.82. The summed E-state index contributed by atoms with van der Waals surface area (Å²) in [6.07, 6.45) is 27.3. The van der Waals surface area contributed by atoms with Crippen molar-refractivity contribution in [3.8, 4) is 11.4 Å². The van der Waals surface area contributed by atoms with E-state index < -0.39 is 13.5 Å². The van der Waals surface area contributed by atoms with E-state index in [1.165, 1.54) is 17.0 Å². The molecule has 7 rings (SSSR count). The quantitative estimate of drug-likeness (QED) is 0.110. The van der Waals surface area contributed by atoms with Crippen molar-refractivity contribution in [2.45, 2.75) is 113 Å². The summed E-state index contributed by atoms with van der Waals surface area (Å²) in [4.78, 5) is 8.37. The van der Waals surface area contributed by atoms with Crippen molar-refractivity contribution >= 4 is 37.1 Å². The molecule has 0 radical (unpaired) electrons. The van der Waals surface area contributed by atoms with E-state index >= 15 is 0 Å². The molecule has 0 amide bonds. The van der Waals surface area contributed by atoms with Gasteiger partial charge in [0.05, 0.1) is 28.4 Å². The number of pyridine rings is 2. The van der Waals surface area contributed by atoms with Crippen molar-refractivity contribution < 1.29 is 13.5 Å². The molecular weight excluding hydrogens is 747 g/mol. The standard InChI is InChI=1S/C18H33P.C15H10.C10H8N2.2ClH.Ru/c1-4-10-16(11-5-1)19(17-12-6-2-7-13-17)18-14-8-3-9-15-18;1-2-15(13-9-5-3-6-10-13)14-11-7-4-8-12-14;1-3-7-11-9(5-1)10-6-2-4-8-12-10;;;/h16-18H,1-15H2;3-12H;1-8H;2*1H;/q;;;;;+2/p-1. The molecule has 3 aliphatic rings. The smallest absolute Gasteiger partial charge is 0.0886 e. The molecule has 3 fully saturated rings. The van der Waals surface area contributed by atoms with Crippen LogP contribution in [-0.2, 0) is 13.5 Å². The fraction of sp³-hybridized carbons (Fsp3) is 0.419. The summed E-state index contributed by atoms with van der Waals surface area (Å²) in [7, 11) is 11.6. The monoisotopic (exact) mass is 799 g/mol. The molecule has 2 nitrogen and oxygen atoms in total. The summed E-state index contributed by atoms with van der Waals surface area (Å²) in [6, 6.07) is 31.7. The average molecular weight is 800 g/mol. The molecule has 2 heterocycles. The van der Waals surface area contributed by atoms with Gasteiger partial charge in [-0.25, -0.2) is 0 Å². The Morgan fingerprint density at radius 2 is 0.878 bits per heavy atom. The van der Waals surface area contributed by atoms with Crippen molar-refractivity contribution in [2.24, 2.45) is 0 Å². The number of nitrogens with zero attached hydrogens (tertiary/aromatic N) is 2. The van der Waals surface area contributed by atoms with Crippen LogP contribution in [0.2, 0.25) is 0 Å². The first-order valence-corrected chi connectivity index (χ1v) is 25.4. The second-order valence-electron chi connectivity index (χ2n) is 13.4. The summed E-state index contributed by atoms with van der Waals surface area (Å²) < 4.78 is 2.93. The summed E-state index contributed by atoms with van der Waals surface area (Å²) in [6.45, 7) is 0. The normalized spacial score (nSPS) is 17.3. The molecule has 2 aromatic heterocycles. The molecule has 4 aromatic rings. The van der Waals surface area contributed by atoms with Gasteiger partial charge in [0.15, 0.2) is 0 Å². The Bertz CT molecular complexity index is 1460. The van der Waals surface area contributed by atoms with Crippen molar-refractivity contribution in [2.75, 3.05) is 0 Å². The molecule has 0 aliphatic heterocycles. The molecule has 3 saturated carbocycles. The minimum Gasteiger partial charge on any atom is -0.255 e. The van der Waals surface area contributed by atoms with Gasteiger partial charge in [-0.3, -0.25) is 9.97 Å². The second kappa shape index (κ2) is 21.9. The molecule has 0 atom stereocenters. The van der Waals surface area contributed by atoms with Crippen molar-refractivity contribution in [3.05, 3.63) is 126 Å². The van der Waals surface area contributed by atoms with Gasteiger partial charge in [0.1, 0.15) is 0 Å². The summed E-state index contributed by atoms with van der Waals surface area (Å²) >= 11 is -1.95. The Morgan fingerprint density at radius 3 is 1.20 bits per heavy atom. The Hall–Kier alpha value is -2.20. The largest absolute Gasteiger partial charge is 0.255 e. The summed E-state index contributed by atoms with van der Waals surface area (Å²) in [5.41, 5.74) is 11.8. The van der Waals surface area contributed by atoms with Crippen LogP contribution < -0.4 is 0 Å². The van der Waals surface area contributed by atoms with Crippen LogP contribution in [0.4, 0.5) is 0 Å². The Morgan fingerprint density at radius 1 is 0.510 bits per heavy atom. The van der Waals surface area contributed by atoms with Gasteiger partial charge in [0, 0.05) is 20.3 Å². The zero-order chi connectivity index (χ0) is 33.9. The van der Waals surface area contributed by atoms with E-state index in [4.69, 9.17) is 19.4 Å². The fourth-order valence-electron chi connectivity index (χ4n) is 7.93. The van der Waals surface area contributed by atoms with Crippen LogP contribution in [0.25, 0.3) is 17.0 Å². The first kappa shape index (κ1) is 38.0. The van der Waals surface area contributed by atoms with E-state index in [0.717, 1.165) is 28.1 Å². The average Bonchev–Trinajstić information content (AvgIpc) is 3.18. The Labute approximate surface area is 309 Å². The number of hydrogen-bond donors (Lipinski definition) is 0. The van der Waals surface area contributed by atoms with E-state index in [0.29, 0.717) is 0 Å². The number of benzene rings is 2. The number of aromatic nitrogens is 2. The molecule has 0 N–H and O–H groups in total. The van der Waals surface area contributed by atoms with Gasteiger partial charge in [0.2, 0.25) is 0 Å². The molecule has 49 heavy (non-hydrogen) atoms. The van der Waals surface area contributed by atoms with Crippen LogP contribution in [0.15, 0.2) is 115 Å².